The summed E-state index contributed by atoms with van der Waals surface area (Å²) in [5.74, 6) is -0.125. The maximum absolute atomic E-state index is 14.0. The zero-order valence-electron chi connectivity index (χ0n) is 24.3. The monoisotopic (exact) mass is 589 g/mol. The number of carbonyl (C=O) groups is 1. The molecule has 2 heterocycles. The molecule has 42 heavy (non-hydrogen) atoms. The maximum Gasteiger partial charge on any atom is 0.264 e. The van der Waals surface area contributed by atoms with Crippen molar-refractivity contribution in [2.24, 2.45) is 0 Å². The minimum absolute atomic E-state index is 0.0874. The minimum atomic E-state index is -3.86. The van der Waals surface area contributed by atoms with Crippen LogP contribution in [0.5, 0.6) is 0 Å². The summed E-state index contributed by atoms with van der Waals surface area (Å²) in [6.45, 7) is 4.34. The first-order valence-electron chi connectivity index (χ1n) is 15.2. The lowest BCUT2D eigenvalue weighted by atomic mass is 9.86. The van der Waals surface area contributed by atoms with E-state index < -0.39 is 22.2 Å². The van der Waals surface area contributed by atoms with Crippen LogP contribution in [0.15, 0.2) is 71.6 Å². The molecular weight excluding hydrogens is 549 g/mol. The Morgan fingerprint density at radius 3 is 2.48 bits per heavy atom. The van der Waals surface area contributed by atoms with Crippen LogP contribution < -0.4 is 9.62 Å². The summed E-state index contributed by atoms with van der Waals surface area (Å²) in [7, 11) is -3.86. The van der Waals surface area contributed by atoms with Crippen molar-refractivity contribution in [1.82, 2.24) is 10.2 Å². The van der Waals surface area contributed by atoms with E-state index in [1.165, 1.54) is 15.4 Å². The van der Waals surface area contributed by atoms with E-state index in [1.54, 1.807) is 12.1 Å². The second-order valence-electron chi connectivity index (χ2n) is 12.1. The van der Waals surface area contributed by atoms with Crippen molar-refractivity contribution >= 4 is 21.6 Å². The summed E-state index contributed by atoms with van der Waals surface area (Å²) in [4.78, 5) is 16.1. The molecule has 3 aliphatic rings. The highest BCUT2D eigenvalue weighted by Gasteiger charge is 2.37. The lowest BCUT2D eigenvalue weighted by molar-refractivity contribution is -0.122. The molecule has 3 aromatic carbocycles. The predicted molar refractivity (Wildman–Crippen MR) is 164 cm³/mol. The molecular formula is C34H40FN3O3S. The Kier molecular flexibility index (Phi) is 8.37. The highest BCUT2D eigenvalue weighted by Crippen LogP contribution is 2.37. The number of nitrogens with zero attached hydrogens (tertiary/aromatic N) is 2. The molecule has 0 saturated carbocycles. The molecule has 1 saturated heterocycles. The number of fused-ring (bicyclic) bond motifs is 2. The first-order chi connectivity index (χ1) is 20.3. The van der Waals surface area contributed by atoms with Crippen molar-refractivity contribution in [1.29, 1.82) is 0 Å². The molecule has 1 fully saturated rings. The third kappa shape index (κ3) is 6.11. The van der Waals surface area contributed by atoms with Crippen molar-refractivity contribution in [3.63, 3.8) is 0 Å². The summed E-state index contributed by atoms with van der Waals surface area (Å²) in [6, 6.07) is 20.5. The van der Waals surface area contributed by atoms with Gasteiger partial charge in [-0.2, -0.15) is 0 Å². The number of hydrogen-bond acceptors (Lipinski definition) is 4. The minimum Gasteiger partial charge on any atom is -0.349 e. The quantitative estimate of drug-likeness (QED) is 0.366. The summed E-state index contributed by atoms with van der Waals surface area (Å²) < 4.78 is 43.0. The van der Waals surface area contributed by atoms with Crippen molar-refractivity contribution in [3.05, 3.63) is 94.5 Å². The second kappa shape index (κ2) is 12.2. The molecule has 0 bridgehead atoms. The highest BCUT2D eigenvalue weighted by molar-refractivity contribution is 7.92. The molecule has 6 nitrogen and oxygen atoms in total. The molecule has 3 aromatic rings. The lowest BCUT2D eigenvalue weighted by Crippen LogP contribution is -2.46. The number of piperidine rings is 1. The molecule has 0 radical (unpaired) electrons. The molecule has 1 aliphatic carbocycles. The van der Waals surface area contributed by atoms with E-state index >= 15 is 0 Å². The van der Waals surface area contributed by atoms with Gasteiger partial charge in [0, 0.05) is 26.1 Å². The summed E-state index contributed by atoms with van der Waals surface area (Å²) >= 11 is 0. The Morgan fingerprint density at radius 2 is 1.69 bits per heavy atom. The Balaban J connectivity index is 1.18. The fourth-order valence-corrected chi connectivity index (χ4v) is 8.53. The van der Waals surface area contributed by atoms with E-state index in [1.807, 2.05) is 43.3 Å². The van der Waals surface area contributed by atoms with Gasteiger partial charge in [0.1, 0.15) is 6.17 Å². The van der Waals surface area contributed by atoms with Crippen LogP contribution in [0.25, 0.3) is 0 Å². The molecule has 0 spiro atoms. The second-order valence-corrected chi connectivity index (χ2v) is 14.0. The number of hydrogen-bond donors (Lipinski definition) is 1. The first-order valence-corrected chi connectivity index (χ1v) is 16.7. The van der Waals surface area contributed by atoms with Crippen LogP contribution in [0.2, 0.25) is 0 Å². The van der Waals surface area contributed by atoms with E-state index in [9.17, 15) is 17.6 Å². The summed E-state index contributed by atoms with van der Waals surface area (Å²) in [5.41, 5.74) is 6.28. The molecule has 2 unspecified atom stereocenters. The van der Waals surface area contributed by atoms with Gasteiger partial charge in [0.2, 0.25) is 5.91 Å². The Hall–Kier alpha value is -3.23. The number of alkyl halides is 1. The van der Waals surface area contributed by atoms with Gasteiger partial charge in [-0.3, -0.25) is 14.0 Å². The van der Waals surface area contributed by atoms with Crippen molar-refractivity contribution in [3.8, 4) is 0 Å². The Labute approximate surface area is 249 Å². The first kappa shape index (κ1) is 28.9. The SMILES string of the molecule is Cc1ccc(S(=O)(=O)N2c3ccccc3CCC2CC(=O)NC2CCCc3cc(CN4CCC(F)CC4)ccc32)cc1. The van der Waals surface area contributed by atoms with Gasteiger partial charge >= 0.3 is 0 Å². The maximum atomic E-state index is 14.0. The number of sulfonamides is 1. The zero-order valence-corrected chi connectivity index (χ0v) is 25.1. The van der Waals surface area contributed by atoms with Gasteiger partial charge in [0.05, 0.1) is 22.7 Å². The van der Waals surface area contributed by atoms with E-state index in [0.717, 1.165) is 62.0 Å². The smallest absolute Gasteiger partial charge is 0.264 e. The number of nitrogens with one attached hydrogen (secondary N) is 1. The average Bonchev–Trinajstić information content (AvgIpc) is 2.98. The summed E-state index contributed by atoms with van der Waals surface area (Å²) in [5, 5.41) is 3.26. The normalized spacial score (nSPS) is 21.4. The van der Waals surface area contributed by atoms with Gasteiger partial charge in [-0.25, -0.2) is 12.8 Å². The van der Waals surface area contributed by atoms with Crippen molar-refractivity contribution in [2.45, 2.75) is 88.0 Å². The van der Waals surface area contributed by atoms with Crippen LogP contribution in [0.1, 0.15) is 72.4 Å². The van der Waals surface area contributed by atoms with E-state index in [0.29, 0.717) is 24.9 Å². The molecule has 0 aromatic heterocycles. The van der Waals surface area contributed by atoms with Crippen LogP contribution in [0.3, 0.4) is 0 Å². The van der Waals surface area contributed by atoms with Crippen LogP contribution in [-0.4, -0.2) is 44.5 Å². The number of amides is 1. The lowest BCUT2D eigenvalue weighted by Gasteiger charge is -2.38. The zero-order chi connectivity index (χ0) is 29.3. The molecule has 2 aliphatic heterocycles. The van der Waals surface area contributed by atoms with Gasteiger partial charge in [-0.05, 0) is 92.3 Å². The number of benzene rings is 3. The van der Waals surface area contributed by atoms with Gasteiger partial charge in [0.25, 0.3) is 10.0 Å². The molecule has 222 valence electrons. The average molecular weight is 590 g/mol. The van der Waals surface area contributed by atoms with Gasteiger partial charge in [0.15, 0.2) is 0 Å². The van der Waals surface area contributed by atoms with Gasteiger partial charge in [-0.1, -0.05) is 54.1 Å². The predicted octanol–water partition coefficient (Wildman–Crippen LogP) is 6.02. The van der Waals surface area contributed by atoms with E-state index in [4.69, 9.17) is 0 Å². The molecule has 1 amide bonds. The third-order valence-corrected chi connectivity index (χ3v) is 11.0. The van der Waals surface area contributed by atoms with Crippen molar-refractivity contribution < 1.29 is 17.6 Å². The van der Waals surface area contributed by atoms with Crippen LogP contribution in [-0.2, 0) is 34.2 Å². The van der Waals surface area contributed by atoms with Gasteiger partial charge in [-0.15, -0.1) is 0 Å². The Bertz CT molecular complexity index is 1530. The topological polar surface area (TPSA) is 69.7 Å². The number of para-hydroxylation sites is 1. The van der Waals surface area contributed by atoms with Gasteiger partial charge < -0.3 is 5.32 Å². The number of rotatable bonds is 7. The largest absolute Gasteiger partial charge is 0.349 e. The molecule has 6 rings (SSSR count). The fraction of sp³-hybridized carbons (Fsp3) is 0.441. The number of aryl methyl sites for hydroxylation is 3. The van der Waals surface area contributed by atoms with E-state index in [-0.39, 0.29) is 23.3 Å². The molecule has 1 N–H and O–H groups in total. The number of likely N-dealkylation sites (tertiary alicyclic amines) is 1. The third-order valence-electron chi connectivity index (χ3n) is 9.09. The van der Waals surface area contributed by atoms with Crippen LogP contribution in [0, 0.1) is 6.92 Å². The molecule has 2 atom stereocenters. The van der Waals surface area contributed by atoms with E-state index in [2.05, 4.69) is 28.4 Å². The number of anilines is 1. The standard InChI is InChI=1S/C34H40FN3O3S/c1-24-9-14-30(15-10-24)42(40,41)38-29(13-12-26-5-2-3-8-33(26)38)22-34(39)36-32-7-4-6-27-21-25(11-16-31(27)32)23-37-19-17-28(35)18-20-37/h2-3,5,8-11,14-16,21,28-29,32H,4,6-7,12-13,17-20,22-23H2,1H3,(H,36,39). The van der Waals surface area contributed by atoms with Crippen LogP contribution in [0.4, 0.5) is 10.1 Å². The van der Waals surface area contributed by atoms with Crippen LogP contribution >= 0.6 is 0 Å². The highest BCUT2D eigenvalue weighted by atomic mass is 32.2. The molecule has 8 heteroatoms. The Morgan fingerprint density at radius 1 is 0.929 bits per heavy atom. The van der Waals surface area contributed by atoms with Crippen molar-refractivity contribution in [2.75, 3.05) is 17.4 Å². The number of halogens is 1. The number of carbonyl (C=O) groups excluding carboxylic acids is 1. The fourth-order valence-electron chi connectivity index (χ4n) is 6.81. The summed E-state index contributed by atoms with van der Waals surface area (Å²) in [6.07, 6.45) is 4.78.